The first-order valence-electron chi connectivity index (χ1n) is 4.62. The van der Waals surface area contributed by atoms with E-state index in [4.69, 9.17) is 4.42 Å². The Hall–Kier alpha value is -0.990. The lowest BCUT2D eigenvalue weighted by atomic mass is 10.1. The number of nitrogens with zero attached hydrogens (tertiary/aromatic N) is 1. The van der Waals surface area contributed by atoms with Gasteiger partial charge in [-0.25, -0.2) is 0 Å². The van der Waals surface area contributed by atoms with E-state index in [1.165, 1.54) is 0 Å². The van der Waals surface area contributed by atoms with E-state index in [0.29, 0.717) is 11.9 Å². The molecule has 0 atom stereocenters. The molecule has 0 fully saturated rings. The van der Waals surface area contributed by atoms with Gasteiger partial charge in [-0.1, -0.05) is 13.8 Å². The molecule has 1 heterocycles. The summed E-state index contributed by atoms with van der Waals surface area (Å²) in [5.41, 5.74) is 0.991. The number of oxazole rings is 1. The minimum atomic E-state index is -0.000890. The maximum absolute atomic E-state index is 5.28. The maximum atomic E-state index is 5.28. The molecule has 0 aliphatic heterocycles. The summed E-state index contributed by atoms with van der Waals surface area (Å²) in [5.74, 6) is 0.416. The highest BCUT2D eigenvalue weighted by Gasteiger charge is 2.14. The zero-order chi connectivity index (χ0) is 10.1. The van der Waals surface area contributed by atoms with Crippen molar-refractivity contribution in [2.24, 2.45) is 0 Å². The van der Waals surface area contributed by atoms with Crippen LogP contribution in [-0.2, 0) is 0 Å². The summed E-state index contributed by atoms with van der Waals surface area (Å²) in [5, 5.41) is 3.18. The van der Waals surface area contributed by atoms with E-state index < -0.39 is 0 Å². The van der Waals surface area contributed by atoms with Crippen molar-refractivity contribution in [1.29, 1.82) is 0 Å². The molecule has 0 amide bonds. The number of rotatable bonds is 2. The van der Waals surface area contributed by atoms with Crippen molar-refractivity contribution in [3.05, 3.63) is 12.0 Å². The van der Waals surface area contributed by atoms with Gasteiger partial charge in [-0.05, 0) is 26.7 Å². The van der Waals surface area contributed by atoms with Crippen molar-refractivity contribution >= 4 is 6.01 Å². The van der Waals surface area contributed by atoms with Crippen LogP contribution in [0.5, 0.6) is 0 Å². The predicted molar refractivity (Wildman–Crippen MR) is 54.0 cm³/mol. The fourth-order valence-corrected chi connectivity index (χ4v) is 0.930. The summed E-state index contributed by atoms with van der Waals surface area (Å²) < 4.78 is 5.28. The minimum absolute atomic E-state index is 0.000890. The van der Waals surface area contributed by atoms with Crippen molar-refractivity contribution in [3.63, 3.8) is 0 Å². The molecule has 1 aromatic heterocycles. The maximum Gasteiger partial charge on any atom is 0.295 e. The fourth-order valence-electron chi connectivity index (χ4n) is 0.930. The van der Waals surface area contributed by atoms with E-state index in [1.807, 2.05) is 0 Å². The van der Waals surface area contributed by atoms with Crippen LogP contribution < -0.4 is 5.32 Å². The molecule has 3 heteroatoms. The van der Waals surface area contributed by atoms with Crippen LogP contribution in [-0.4, -0.2) is 10.5 Å². The third-order valence-corrected chi connectivity index (χ3v) is 1.60. The molecule has 0 saturated carbocycles. The molecular formula is C10H18N2O. The molecule has 13 heavy (non-hydrogen) atoms. The van der Waals surface area contributed by atoms with Crippen molar-refractivity contribution in [2.75, 3.05) is 5.32 Å². The molecule has 0 radical (unpaired) electrons. The zero-order valence-corrected chi connectivity index (χ0v) is 9.01. The Morgan fingerprint density at radius 3 is 2.38 bits per heavy atom. The van der Waals surface area contributed by atoms with Crippen LogP contribution in [0.15, 0.2) is 10.7 Å². The quantitative estimate of drug-likeness (QED) is 0.764. The molecule has 0 aliphatic rings. The minimum Gasteiger partial charge on any atom is -0.432 e. The normalized spacial score (nSPS) is 12.2. The average molecular weight is 182 g/mol. The molecule has 0 unspecified atom stereocenters. The topological polar surface area (TPSA) is 38.1 Å². The monoisotopic (exact) mass is 182 g/mol. The molecule has 1 rings (SSSR count). The van der Waals surface area contributed by atoms with E-state index in [2.05, 4.69) is 44.9 Å². The molecule has 3 nitrogen and oxygen atoms in total. The van der Waals surface area contributed by atoms with Gasteiger partial charge in [0.2, 0.25) is 0 Å². The Bertz CT molecular complexity index is 271. The smallest absolute Gasteiger partial charge is 0.295 e. The van der Waals surface area contributed by atoms with Crippen molar-refractivity contribution < 1.29 is 4.42 Å². The highest BCUT2D eigenvalue weighted by Crippen LogP contribution is 2.18. The SMILES string of the molecule is CC(C)c1coc(NC(C)(C)C)n1. The Kier molecular flexibility index (Phi) is 2.64. The Morgan fingerprint density at radius 2 is 2.00 bits per heavy atom. The van der Waals surface area contributed by atoms with Gasteiger partial charge in [0.05, 0.1) is 5.69 Å². The molecule has 74 valence electrons. The molecule has 0 bridgehead atoms. The third kappa shape index (κ3) is 3.09. The Morgan fingerprint density at radius 1 is 1.38 bits per heavy atom. The lowest BCUT2D eigenvalue weighted by Gasteiger charge is -2.18. The van der Waals surface area contributed by atoms with Crippen LogP contribution in [0.4, 0.5) is 6.01 Å². The van der Waals surface area contributed by atoms with E-state index in [9.17, 15) is 0 Å². The molecule has 1 N–H and O–H groups in total. The van der Waals surface area contributed by atoms with Crippen molar-refractivity contribution in [2.45, 2.75) is 46.1 Å². The van der Waals surface area contributed by atoms with E-state index in [1.54, 1.807) is 6.26 Å². The van der Waals surface area contributed by atoms with Crippen LogP contribution in [0.3, 0.4) is 0 Å². The fraction of sp³-hybridized carbons (Fsp3) is 0.700. The highest BCUT2D eigenvalue weighted by atomic mass is 16.4. The van der Waals surface area contributed by atoms with Gasteiger partial charge in [-0.2, -0.15) is 4.98 Å². The summed E-state index contributed by atoms with van der Waals surface area (Å²) in [6, 6.07) is 0.608. The van der Waals surface area contributed by atoms with Gasteiger partial charge >= 0.3 is 0 Å². The molecule has 1 aromatic rings. The van der Waals surface area contributed by atoms with Crippen LogP contribution in [0.1, 0.15) is 46.2 Å². The molecule has 0 aliphatic carbocycles. The van der Waals surface area contributed by atoms with E-state index in [-0.39, 0.29) is 5.54 Å². The van der Waals surface area contributed by atoms with Gasteiger partial charge in [0.25, 0.3) is 6.01 Å². The van der Waals surface area contributed by atoms with Crippen LogP contribution >= 0.6 is 0 Å². The van der Waals surface area contributed by atoms with Crippen LogP contribution in [0.2, 0.25) is 0 Å². The van der Waals surface area contributed by atoms with Gasteiger partial charge in [0, 0.05) is 5.54 Å². The first-order chi connectivity index (χ1) is 5.88. The lowest BCUT2D eigenvalue weighted by molar-refractivity contribution is 0.529. The molecule has 0 spiro atoms. The summed E-state index contributed by atoms with van der Waals surface area (Å²) >= 11 is 0. The van der Waals surface area contributed by atoms with Gasteiger partial charge in [0.1, 0.15) is 6.26 Å². The standard InChI is InChI=1S/C10H18N2O/c1-7(2)8-6-13-9(11-8)12-10(3,4)5/h6-7H,1-5H3,(H,11,12). The second-order valence-electron chi connectivity index (χ2n) is 4.61. The number of hydrogen-bond acceptors (Lipinski definition) is 3. The zero-order valence-electron chi connectivity index (χ0n) is 9.01. The Labute approximate surface area is 79.5 Å². The van der Waals surface area contributed by atoms with Crippen molar-refractivity contribution in [3.8, 4) is 0 Å². The molecule has 0 aromatic carbocycles. The predicted octanol–water partition coefficient (Wildman–Crippen LogP) is 3.01. The average Bonchev–Trinajstić information content (AvgIpc) is 2.31. The van der Waals surface area contributed by atoms with Crippen LogP contribution in [0.25, 0.3) is 0 Å². The van der Waals surface area contributed by atoms with Gasteiger partial charge < -0.3 is 9.73 Å². The summed E-state index contributed by atoms with van der Waals surface area (Å²) in [6.07, 6.45) is 1.71. The molecule has 0 saturated heterocycles. The van der Waals surface area contributed by atoms with Gasteiger partial charge in [-0.15, -0.1) is 0 Å². The highest BCUT2D eigenvalue weighted by molar-refractivity contribution is 5.25. The van der Waals surface area contributed by atoms with Gasteiger partial charge in [-0.3, -0.25) is 0 Å². The first-order valence-corrected chi connectivity index (χ1v) is 4.62. The van der Waals surface area contributed by atoms with Crippen molar-refractivity contribution in [1.82, 2.24) is 4.98 Å². The largest absolute Gasteiger partial charge is 0.432 e. The third-order valence-electron chi connectivity index (χ3n) is 1.60. The summed E-state index contributed by atoms with van der Waals surface area (Å²) in [6.45, 7) is 10.4. The number of hydrogen-bond donors (Lipinski definition) is 1. The first kappa shape index (κ1) is 10.1. The van der Waals surface area contributed by atoms with Gasteiger partial charge in [0.15, 0.2) is 0 Å². The summed E-state index contributed by atoms with van der Waals surface area (Å²) in [4.78, 5) is 4.32. The number of aromatic nitrogens is 1. The second kappa shape index (κ2) is 3.40. The number of anilines is 1. The van der Waals surface area contributed by atoms with E-state index in [0.717, 1.165) is 5.69 Å². The Balaban J connectivity index is 2.70. The summed E-state index contributed by atoms with van der Waals surface area (Å²) in [7, 11) is 0. The molecular weight excluding hydrogens is 164 g/mol. The lowest BCUT2D eigenvalue weighted by Crippen LogP contribution is -2.26. The van der Waals surface area contributed by atoms with E-state index >= 15 is 0 Å². The number of nitrogens with one attached hydrogen (secondary N) is 1. The van der Waals surface area contributed by atoms with Crippen LogP contribution in [0, 0.1) is 0 Å². The second-order valence-corrected chi connectivity index (χ2v) is 4.61.